The standard InChI is InChI=1S/C23H21F7N4O3/c24-17-3-1-13(2-4-17)20-21(36-6-5-34(20)10-19-31-12-32-33-19)37-18(11-35)14-7-15(22(25,26)27)9-16(8-14)23(28,29)30/h1-4,7-9,12,18,20-21,35H,5-6,10-11H2,(H,31,32,33)/t18-,20+,21?/m1/s1. The molecule has 1 aromatic heterocycles. The monoisotopic (exact) mass is 534 g/mol. The highest BCUT2D eigenvalue weighted by Crippen LogP contribution is 2.39. The van der Waals surface area contributed by atoms with Gasteiger partial charge in [0, 0.05) is 6.54 Å². The summed E-state index contributed by atoms with van der Waals surface area (Å²) in [5.74, 6) is -0.116. The molecule has 2 N–H and O–H groups in total. The fourth-order valence-corrected chi connectivity index (χ4v) is 4.05. The van der Waals surface area contributed by atoms with Crippen LogP contribution in [0.2, 0.25) is 0 Å². The number of aliphatic hydroxyl groups is 1. The first kappa shape index (κ1) is 27.0. The number of morpholine rings is 1. The van der Waals surface area contributed by atoms with Crippen LogP contribution in [-0.2, 0) is 28.4 Å². The quantitative estimate of drug-likeness (QED) is 0.430. The largest absolute Gasteiger partial charge is 0.416 e. The van der Waals surface area contributed by atoms with Gasteiger partial charge < -0.3 is 14.6 Å². The molecule has 1 aliphatic rings. The molecule has 1 unspecified atom stereocenters. The van der Waals surface area contributed by atoms with E-state index in [0.29, 0.717) is 30.1 Å². The summed E-state index contributed by atoms with van der Waals surface area (Å²) in [5.41, 5.74) is -3.11. The summed E-state index contributed by atoms with van der Waals surface area (Å²) in [6, 6.07) is 5.50. The van der Waals surface area contributed by atoms with Crippen LogP contribution in [0.25, 0.3) is 0 Å². The predicted octanol–water partition coefficient (Wildman–Crippen LogP) is 4.63. The van der Waals surface area contributed by atoms with Gasteiger partial charge in [-0.1, -0.05) is 12.1 Å². The Balaban J connectivity index is 1.69. The Hall–Kier alpha value is -3.07. The second-order valence-electron chi connectivity index (χ2n) is 8.27. The number of hydrogen-bond donors (Lipinski definition) is 2. The van der Waals surface area contributed by atoms with Gasteiger partial charge in [0.05, 0.1) is 36.9 Å². The van der Waals surface area contributed by atoms with E-state index < -0.39 is 59.9 Å². The molecule has 14 heteroatoms. The summed E-state index contributed by atoms with van der Waals surface area (Å²) < 4.78 is 105. The average Bonchev–Trinajstić information content (AvgIpc) is 3.35. The number of alkyl halides is 6. The molecule has 200 valence electrons. The number of aliphatic hydroxyl groups excluding tert-OH is 1. The summed E-state index contributed by atoms with van der Waals surface area (Å²) >= 11 is 0. The second-order valence-corrected chi connectivity index (χ2v) is 8.27. The number of halogens is 7. The SMILES string of the molecule is OC[C@@H](OC1OCCN(Cc2nc[nH]n2)[C@H]1c1ccc(F)cc1)c1cc(C(F)(F)F)cc(C(F)(F)F)c1. The van der Waals surface area contributed by atoms with Gasteiger partial charge in [0.25, 0.3) is 0 Å². The molecule has 0 spiro atoms. The van der Waals surface area contributed by atoms with Gasteiger partial charge in [0.2, 0.25) is 0 Å². The van der Waals surface area contributed by atoms with E-state index in [4.69, 9.17) is 9.47 Å². The zero-order valence-corrected chi connectivity index (χ0v) is 18.9. The van der Waals surface area contributed by atoms with Gasteiger partial charge in [0.15, 0.2) is 12.1 Å². The van der Waals surface area contributed by atoms with Crippen molar-refractivity contribution in [3.05, 3.63) is 82.7 Å². The molecule has 0 bridgehead atoms. The van der Waals surface area contributed by atoms with E-state index in [1.165, 1.54) is 30.6 Å². The number of rotatable bonds is 7. The van der Waals surface area contributed by atoms with E-state index in [1.807, 2.05) is 4.90 Å². The summed E-state index contributed by atoms with van der Waals surface area (Å²) in [6.07, 6.45) is -11.6. The van der Waals surface area contributed by atoms with Crippen LogP contribution in [0.1, 0.15) is 40.2 Å². The Morgan fingerprint density at radius 1 is 1.05 bits per heavy atom. The second kappa shape index (κ2) is 10.7. The molecule has 3 aromatic rings. The topological polar surface area (TPSA) is 83.5 Å². The van der Waals surface area contributed by atoms with Crippen LogP contribution in [0, 0.1) is 5.82 Å². The molecular formula is C23H21F7N4O3. The van der Waals surface area contributed by atoms with Crippen LogP contribution in [-0.4, -0.2) is 51.2 Å². The van der Waals surface area contributed by atoms with Crippen molar-refractivity contribution in [1.82, 2.24) is 20.1 Å². The van der Waals surface area contributed by atoms with Crippen LogP contribution in [0.5, 0.6) is 0 Å². The van der Waals surface area contributed by atoms with Crippen molar-refractivity contribution in [2.75, 3.05) is 19.8 Å². The first-order valence-electron chi connectivity index (χ1n) is 11.0. The first-order chi connectivity index (χ1) is 17.5. The Morgan fingerprint density at radius 2 is 1.70 bits per heavy atom. The average molecular weight is 534 g/mol. The summed E-state index contributed by atoms with van der Waals surface area (Å²) in [7, 11) is 0. The number of H-pyrrole nitrogens is 1. The lowest BCUT2D eigenvalue weighted by atomic mass is 10.00. The number of nitrogens with zero attached hydrogens (tertiary/aromatic N) is 3. The fourth-order valence-electron chi connectivity index (χ4n) is 4.05. The van der Waals surface area contributed by atoms with Crippen LogP contribution < -0.4 is 0 Å². The molecule has 0 aliphatic carbocycles. The zero-order chi connectivity index (χ0) is 26.8. The Bertz CT molecular complexity index is 1140. The lowest BCUT2D eigenvalue weighted by Crippen LogP contribution is -2.46. The van der Waals surface area contributed by atoms with Gasteiger partial charge in [0.1, 0.15) is 18.2 Å². The fraction of sp³-hybridized carbons (Fsp3) is 0.391. The summed E-state index contributed by atoms with van der Waals surface area (Å²) in [4.78, 5) is 5.88. The number of aromatic nitrogens is 3. The first-order valence-corrected chi connectivity index (χ1v) is 11.0. The van der Waals surface area contributed by atoms with Crippen LogP contribution in [0.3, 0.4) is 0 Å². The maximum atomic E-state index is 13.6. The highest BCUT2D eigenvalue weighted by Gasteiger charge is 2.40. The number of nitrogens with one attached hydrogen (secondary N) is 1. The van der Waals surface area contributed by atoms with Gasteiger partial charge in [-0.05, 0) is 41.5 Å². The third-order valence-electron chi connectivity index (χ3n) is 5.78. The smallest absolute Gasteiger partial charge is 0.393 e. The molecule has 2 heterocycles. The maximum Gasteiger partial charge on any atom is 0.416 e. The molecule has 37 heavy (non-hydrogen) atoms. The highest BCUT2D eigenvalue weighted by molar-refractivity contribution is 5.35. The molecule has 0 amide bonds. The normalized spacial score (nSPS) is 20.2. The van der Waals surface area contributed by atoms with Gasteiger partial charge >= 0.3 is 12.4 Å². The van der Waals surface area contributed by atoms with E-state index in [-0.39, 0.29) is 19.2 Å². The third kappa shape index (κ3) is 6.44. The highest BCUT2D eigenvalue weighted by atomic mass is 19.4. The van der Waals surface area contributed by atoms with Crippen molar-refractivity contribution >= 4 is 0 Å². The molecule has 4 rings (SSSR count). The number of benzene rings is 2. The Morgan fingerprint density at radius 3 is 2.24 bits per heavy atom. The number of aromatic amines is 1. The van der Waals surface area contributed by atoms with Crippen LogP contribution >= 0.6 is 0 Å². The molecule has 2 aromatic carbocycles. The molecule has 1 aliphatic heterocycles. The van der Waals surface area contributed by atoms with E-state index in [0.717, 1.165) is 0 Å². The molecule has 0 saturated carbocycles. The molecule has 0 radical (unpaired) electrons. The van der Waals surface area contributed by atoms with Crippen molar-refractivity contribution in [3.63, 3.8) is 0 Å². The minimum absolute atomic E-state index is 0.00499. The van der Waals surface area contributed by atoms with Gasteiger partial charge in [-0.3, -0.25) is 10.00 Å². The van der Waals surface area contributed by atoms with Crippen LogP contribution in [0.15, 0.2) is 48.8 Å². The molecule has 1 fully saturated rings. The van der Waals surface area contributed by atoms with Crippen molar-refractivity contribution in [3.8, 4) is 0 Å². The van der Waals surface area contributed by atoms with E-state index >= 15 is 0 Å². The summed E-state index contributed by atoms with van der Waals surface area (Å²) in [6.45, 7) is -0.334. The molecule has 1 saturated heterocycles. The minimum Gasteiger partial charge on any atom is -0.393 e. The number of hydrogen-bond acceptors (Lipinski definition) is 6. The van der Waals surface area contributed by atoms with Gasteiger partial charge in [-0.15, -0.1) is 0 Å². The lowest BCUT2D eigenvalue weighted by Gasteiger charge is -2.41. The van der Waals surface area contributed by atoms with Gasteiger partial charge in [-0.25, -0.2) is 9.37 Å². The molecule has 3 atom stereocenters. The van der Waals surface area contributed by atoms with E-state index in [9.17, 15) is 35.8 Å². The van der Waals surface area contributed by atoms with Crippen molar-refractivity contribution < 1.29 is 45.3 Å². The lowest BCUT2D eigenvalue weighted by molar-refractivity contribution is -0.238. The Kier molecular flexibility index (Phi) is 7.83. The van der Waals surface area contributed by atoms with Gasteiger partial charge in [-0.2, -0.15) is 31.4 Å². The van der Waals surface area contributed by atoms with Crippen molar-refractivity contribution in [1.29, 1.82) is 0 Å². The van der Waals surface area contributed by atoms with Crippen molar-refractivity contribution in [2.45, 2.75) is 37.3 Å². The Labute approximate surface area is 205 Å². The van der Waals surface area contributed by atoms with E-state index in [2.05, 4.69) is 15.2 Å². The zero-order valence-electron chi connectivity index (χ0n) is 18.9. The number of ether oxygens (including phenoxy) is 2. The maximum absolute atomic E-state index is 13.6. The third-order valence-corrected chi connectivity index (χ3v) is 5.78. The van der Waals surface area contributed by atoms with E-state index in [1.54, 1.807) is 0 Å². The minimum atomic E-state index is -5.07. The molecule has 7 nitrogen and oxygen atoms in total. The predicted molar refractivity (Wildman–Crippen MR) is 113 cm³/mol. The van der Waals surface area contributed by atoms with Crippen LogP contribution in [0.4, 0.5) is 30.7 Å². The van der Waals surface area contributed by atoms with Crippen molar-refractivity contribution in [2.24, 2.45) is 0 Å². The molecular weight excluding hydrogens is 513 g/mol. The summed E-state index contributed by atoms with van der Waals surface area (Å²) in [5, 5.41) is 16.5.